The fourth-order valence-electron chi connectivity index (χ4n) is 1.74. The second-order valence-electron chi connectivity index (χ2n) is 3.65. The molecule has 1 aliphatic heterocycles. The number of aliphatic hydroxyl groups is 2. The lowest BCUT2D eigenvalue weighted by Crippen LogP contribution is -2.44. The van der Waals surface area contributed by atoms with E-state index in [0.717, 1.165) is 32.4 Å². The molecule has 0 amide bonds. The van der Waals surface area contributed by atoms with E-state index in [9.17, 15) is 5.11 Å². The van der Waals surface area contributed by atoms with E-state index >= 15 is 0 Å². The van der Waals surface area contributed by atoms with E-state index in [1.807, 2.05) is 0 Å². The summed E-state index contributed by atoms with van der Waals surface area (Å²) in [6.45, 7) is 4.12. The quantitative estimate of drug-likeness (QED) is 0.641. The molecular formula is C9H19NO2. The molecule has 1 aliphatic rings. The molecule has 72 valence electrons. The zero-order chi connectivity index (χ0) is 8.97. The van der Waals surface area contributed by atoms with Crippen molar-refractivity contribution in [3.05, 3.63) is 0 Å². The number of hydrogen-bond donors (Lipinski definition) is 2. The highest BCUT2D eigenvalue weighted by Gasteiger charge is 2.22. The molecule has 0 spiro atoms. The Hall–Kier alpha value is -0.120. The minimum atomic E-state index is -0.153. The SMILES string of the molecule is C[C@H]1CC[C@H](O)CN1CCCO. The lowest BCUT2D eigenvalue weighted by molar-refractivity contribution is 0.0378. The largest absolute Gasteiger partial charge is 0.396 e. The molecule has 0 aromatic carbocycles. The van der Waals surface area contributed by atoms with Crippen molar-refractivity contribution in [2.24, 2.45) is 0 Å². The Kier molecular flexibility index (Phi) is 3.98. The Morgan fingerprint density at radius 1 is 1.42 bits per heavy atom. The summed E-state index contributed by atoms with van der Waals surface area (Å²) in [5, 5.41) is 18.1. The number of β-amino-alcohol motifs (C(OH)–C–C–N with tert-alkyl or cyclic N) is 1. The van der Waals surface area contributed by atoms with Gasteiger partial charge >= 0.3 is 0 Å². The summed E-state index contributed by atoms with van der Waals surface area (Å²) in [6.07, 6.45) is 2.67. The lowest BCUT2D eigenvalue weighted by atomic mass is 10.0. The zero-order valence-corrected chi connectivity index (χ0v) is 7.74. The van der Waals surface area contributed by atoms with Crippen molar-refractivity contribution in [3.63, 3.8) is 0 Å². The summed E-state index contributed by atoms with van der Waals surface area (Å²) in [4.78, 5) is 2.25. The third-order valence-electron chi connectivity index (χ3n) is 2.59. The van der Waals surface area contributed by atoms with Crippen molar-refractivity contribution in [1.29, 1.82) is 0 Å². The van der Waals surface area contributed by atoms with Crippen LogP contribution in [-0.2, 0) is 0 Å². The van der Waals surface area contributed by atoms with Gasteiger partial charge in [0.1, 0.15) is 0 Å². The van der Waals surface area contributed by atoms with Crippen LogP contribution in [0.4, 0.5) is 0 Å². The van der Waals surface area contributed by atoms with E-state index < -0.39 is 0 Å². The van der Waals surface area contributed by atoms with Gasteiger partial charge in [0, 0.05) is 25.7 Å². The van der Waals surface area contributed by atoms with Gasteiger partial charge in [-0.25, -0.2) is 0 Å². The van der Waals surface area contributed by atoms with Crippen LogP contribution in [0.15, 0.2) is 0 Å². The average Bonchev–Trinajstić information content (AvgIpc) is 2.07. The summed E-state index contributed by atoms with van der Waals surface area (Å²) in [5.41, 5.74) is 0. The molecule has 0 unspecified atom stereocenters. The van der Waals surface area contributed by atoms with Crippen molar-refractivity contribution in [3.8, 4) is 0 Å². The van der Waals surface area contributed by atoms with Gasteiger partial charge in [-0.2, -0.15) is 0 Å². The van der Waals surface area contributed by atoms with Crippen LogP contribution in [0.2, 0.25) is 0 Å². The number of rotatable bonds is 3. The Labute approximate surface area is 74.0 Å². The van der Waals surface area contributed by atoms with Crippen LogP contribution in [0, 0.1) is 0 Å². The molecule has 1 fully saturated rings. The molecule has 0 bridgehead atoms. The highest BCUT2D eigenvalue weighted by atomic mass is 16.3. The summed E-state index contributed by atoms with van der Waals surface area (Å²) >= 11 is 0. The first kappa shape index (κ1) is 9.96. The molecule has 1 rings (SSSR count). The first-order chi connectivity index (χ1) is 5.74. The number of hydrogen-bond acceptors (Lipinski definition) is 3. The third kappa shape index (κ3) is 2.73. The topological polar surface area (TPSA) is 43.7 Å². The Morgan fingerprint density at radius 2 is 2.17 bits per heavy atom. The molecule has 0 aromatic rings. The maximum absolute atomic E-state index is 9.39. The maximum atomic E-state index is 9.39. The molecule has 0 aliphatic carbocycles. The predicted molar refractivity (Wildman–Crippen MR) is 48.0 cm³/mol. The highest BCUT2D eigenvalue weighted by Crippen LogP contribution is 2.16. The Bertz CT molecular complexity index is 130. The molecule has 1 heterocycles. The van der Waals surface area contributed by atoms with E-state index in [1.165, 1.54) is 0 Å². The van der Waals surface area contributed by atoms with Crippen molar-refractivity contribution in [2.45, 2.75) is 38.3 Å². The van der Waals surface area contributed by atoms with Crippen molar-refractivity contribution < 1.29 is 10.2 Å². The van der Waals surface area contributed by atoms with Crippen molar-refractivity contribution in [2.75, 3.05) is 19.7 Å². The fraction of sp³-hybridized carbons (Fsp3) is 1.00. The molecule has 3 heteroatoms. The number of nitrogens with zero attached hydrogens (tertiary/aromatic N) is 1. The molecule has 2 N–H and O–H groups in total. The average molecular weight is 173 g/mol. The van der Waals surface area contributed by atoms with Gasteiger partial charge in [0.25, 0.3) is 0 Å². The summed E-state index contributed by atoms with van der Waals surface area (Å²) in [5.74, 6) is 0. The Morgan fingerprint density at radius 3 is 2.83 bits per heavy atom. The van der Waals surface area contributed by atoms with Crippen LogP contribution < -0.4 is 0 Å². The smallest absolute Gasteiger partial charge is 0.0667 e. The van der Waals surface area contributed by atoms with Gasteiger partial charge < -0.3 is 10.2 Å². The standard InChI is InChI=1S/C9H19NO2/c1-8-3-4-9(12)7-10(8)5-2-6-11/h8-9,11-12H,2-7H2,1H3/t8-,9-/m0/s1. The number of piperidine rings is 1. The number of likely N-dealkylation sites (tertiary alicyclic amines) is 1. The van der Waals surface area contributed by atoms with Crippen LogP contribution in [0.1, 0.15) is 26.2 Å². The van der Waals surface area contributed by atoms with Gasteiger partial charge in [0.2, 0.25) is 0 Å². The normalized spacial score (nSPS) is 32.2. The summed E-state index contributed by atoms with van der Waals surface area (Å²) in [7, 11) is 0. The summed E-state index contributed by atoms with van der Waals surface area (Å²) < 4.78 is 0. The monoisotopic (exact) mass is 173 g/mol. The molecule has 0 aromatic heterocycles. The third-order valence-corrected chi connectivity index (χ3v) is 2.59. The molecule has 1 saturated heterocycles. The second kappa shape index (κ2) is 4.80. The van der Waals surface area contributed by atoms with E-state index in [2.05, 4.69) is 11.8 Å². The molecule has 0 saturated carbocycles. The van der Waals surface area contributed by atoms with Gasteiger partial charge in [-0.15, -0.1) is 0 Å². The first-order valence-corrected chi connectivity index (χ1v) is 4.77. The van der Waals surface area contributed by atoms with Gasteiger partial charge in [-0.1, -0.05) is 0 Å². The van der Waals surface area contributed by atoms with Crippen molar-refractivity contribution >= 4 is 0 Å². The predicted octanol–water partition coefficient (Wildman–Crippen LogP) is 0.214. The Balaban J connectivity index is 2.28. The van der Waals surface area contributed by atoms with Crippen LogP contribution >= 0.6 is 0 Å². The second-order valence-corrected chi connectivity index (χ2v) is 3.65. The van der Waals surface area contributed by atoms with Gasteiger partial charge in [0.15, 0.2) is 0 Å². The van der Waals surface area contributed by atoms with Crippen LogP contribution in [0.3, 0.4) is 0 Å². The molecule has 0 radical (unpaired) electrons. The van der Waals surface area contributed by atoms with Gasteiger partial charge in [-0.3, -0.25) is 4.90 Å². The van der Waals surface area contributed by atoms with Gasteiger partial charge in [0.05, 0.1) is 6.10 Å². The maximum Gasteiger partial charge on any atom is 0.0667 e. The minimum absolute atomic E-state index is 0.153. The fourth-order valence-corrected chi connectivity index (χ4v) is 1.74. The van der Waals surface area contributed by atoms with Gasteiger partial charge in [-0.05, 0) is 26.2 Å². The van der Waals surface area contributed by atoms with E-state index in [1.54, 1.807) is 0 Å². The molecule has 3 nitrogen and oxygen atoms in total. The van der Waals surface area contributed by atoms with Crippen LogP contribution in [0.5, 0.6) is 0 Å². The van der Waals surface area contributed by atoms with E-state index in [-0.39, 0.29) is 12.7 Å². The van der Waals surface area contributed by atoms with E-state index in [0.29, 0.717) is 6.04 Å². The van der Waals surface area contributed by atoms with Crippen LogP contribution in [0.25, 0.3) is 0 Å². The number of aliphatic hydroxyl groups excluding tert-OH is 2. The minimum Gasteiger partial charge on any atom is -0.396 e. The summed E-state index contributed by atoms with van der Waals surface area (Å²) in [6, 6.07) is 0.569. The van der Waals surface area contributed by atoms with Crippen LogP contribution in [-0.4, -0.2) is 47.0 Å². The molecule has 12 heavy (non-hydrogen) atoms. The lowest BCUT2D eigenvalue weighted by Gasteiger charge is -2.35. The van der Waals surface area contributed by atoms with E-state index in [4.69, 9.17) is 5.11 Å². The molecular weight excluding hydrogens is 154 g/mol. The zero-order valence-electron chi connectivity index (χ0n) is 7.74. The van der Waals surface area contributed by atoms with Crippen molar-refractivity contribution in [1.82, 2.24) is 4.90 Å². The first-order valence-electron chi connectivity index (χ1n) is 4.77. The molecule has 2 atom stereocenters. The highest BCUT2D eigenvalue weighted by molar-refractivity contribution is 4.77.